The lowest BCUT2D eigenvalue weighted by Crippen LogP contribution is -2.51. The zero-order chi connectivity index (χ0) is 25.2. The molecule has 0 radical (unpaired) electrons. The van der Waals surface area contributed by atoms with E-state index in [0.29, 0.717) is 28.5 Å². The minimum atomic E-state index is 0.552. The zero-order valence-electron chi connectivity index (χ0n) is 24.3. The van der Waals surface area contributed by atoms with Gasteiger partial charge in [0.1, 0.15) is 0 Å². The van der Waals surface area contributed by atoms with Crippen molar-refractivity contribution in [2.45, 2.75) is 145 Å². The molecule has 0 N–H and O–H groups in total. The summed E-state index contributed by atoms with van der Waals surface area (Å²) in [6.45, 7) is 21.6. The van der Waals surface area contributed by atoms with Crippen molar-refractivity contribution in [2.24, 2.45) is 28.1 Å². The van der Waals surface area contributed by atoms with Gasteiger partial charge in [-0.2, -0.15) is 0 Å². The minimum Gasteiger partial charge on any atom is -0.380 e. The monoisotopic (exact) mass is 480 g/mol. The van der Waals surface area contributed by atoms with Gasteiger partial charge in [0.15, 0.2) is 0 Å². The van der Waals surface area contributed by atoms with Gasteiger partial charge in [0.05, 0.1) is 25.4 Å². The second-order valence-electron chi connectivity index (χ2n) is 12.3. The lowest BCUT2D eigenvalue weighted by atomic mass is 9.61. The van der Waals surface area contributed by atoms with Gasteiger partial charge in [0.25, 0.3) is 0 Å². The molecule has 6 aliphatic rings. The molecule has 3 nitrogen and oxygen atoms in total. The van der Waals surface area contributed by atoms with E-state index >= 15 is 0 Å². The van der Waals surface area contributed by atoms with Crippen molar-refractivity contribution >= 4 is 0 Å². The Hall–Kier alpha value is -0.120. The molecule has 0 bridgehead atoms. The quantitative estimate of drug-likeness (QED) is 0.375. The molecule has 3 aliphatic carbocycles. The maximum absolute atomic E-state index is 5.74. The Bertz CT molecular complexity index is 537. The van der Waals surface area contributed by atoms with Crippen LogP contribution in [0.3, 0.4) is 0 Å². The first-order chi connectivity index (χ1) is 16.4. The molecule has 3 aliphatic heterocycles. The van der Waals surface area contributed by atoms with E-state index in [4.69, 9.17) is 14.2 Å². The maximum atomic E-state index is 5.74. The number of fused-ring (bicyclic) bond motifs is 2. The summed E-state index contributed by atoms with van der Waals surface area (Å²) in [5.74, 6) is 1.80. The van der Waals surface area contributed by atoms with Crippen LogP contribution in [0.15, 0.2) is 0 Å². The number of hydrogen-bond donors (Lipinski definition) is 0. The molecule has 0 aromatic rings. The van der Waals surface area contributed by atoms with Gasteiger partial charge in [-0.15, -0.1) is 0 Å². The van der Waals surface area contributed by atoms with Crippen molar-refractivity contribution in [2.75, 3.05) is 26.4 Å². The highest BCUT2D eigenvalue weighted by Gasteiger charge is 2.49. The molecule has 0 aromatic carbocycles. The molecule has 3 saturated heterocycles. The SMILES string of the molecule is CC.CC.CC(C)C12CCCC1OCC2.CC12CCCCCC1OCC2.CC1CC2(COC2)C1. The Morgan fingerprint density at radius 1 is 0.706 bits per heavy atom. The van der Waals surface area contributed by atoms with Crippen LogP contribution in [0, 0.1) is 28.1 Å². The molecule has 0 amide bonds. The summed E-state index contributed by atoms with van der Waals surface area (Å²) in [7, 11) is 0. The lowest BCUT2D eigenvalue weighted by molar-refractivity contribution is -0.175. The highest BCUT2D eigenvalue weighted by Crippen LogP contribution is 2.52. The molecule has 3 heteroatoms. The summed E-state index contributed by atoms with van der Waals surface area (Å²) in [6, 6.07) is 0. The Morgan fingerprint density at radius 2 is 1.32 bits per heavy atom. The predicted octanol–water partition coefficient (Wildman–Crippen LogP) is 8.83. The van der Waals surface area contributed by atoms with Crippen LogP contribution in [-0.4, -0.2) is 38.6 Å². The Kier molecular flexibility index (Phi) is 12.4. The van der Waals surface area contributed by atoms with Crippen molar-refractivity contribution < 1.29 is 14.2 Å². The van der Waals surface area contributed by atoms with Crippen LogP contribution in [0.2, 0.25) is 0 Å². The van der Waals surface area contributed by atoms with E-state index in [2.05, 4.69) is 27.7 Å². The first-order valence-electron chi connectivity index (χ1n) is 15.2. The van der Waals surface area contributed by atoms with Crippen LogP contribution in [-0.2, 0) is 14.2 Å². The van der Waals surface area contributed by atoms with Crippen LogP contribution in [0.4, 0.5) is 0 Å². The van der Waals surface area contributed by atoms with Gasteiger partial charge in [-0.1, -0.05) is 81.1 Å². The molecular weight excluding hydrogens is 420 g/mol. The molecular formula is C31H60O3. The largest absolute Gasteiger partial charge is 0.380 e. The van der Waals surface area contributed by atoms with E-state index in [0.717, 1.165) is 38.3 Å². The second kappa shape index (κ2) is 14.0. The summed E-state index contributed by atoms with van der Waals surface area (Å²) in [5.41, 5.74) is 1.83. The van der Waals surface area contributed by atoms with Crippen molar-refractivity contribution in [3.05, 3.63) is 0 Å². The smallest absolute Gasteiger partial charge is 0.0634 e. The first kappa shape index (κ1) is 30.1. The van der Waals surface area contributed by atoms with Gasteiger partial charge < -0.3 is 14.2 Å². The fraction of sp³-hybridized carbons (Fsp3) is 1.00. The first-order valence-corrected chi connectivity index (χ1v) is 15.2. The Balaban J connectivity index is 0.000000169. The van der Waals surface area contributed by atoms with E-state index in [1.807, 2.05) is 27.7 Å². The molecule has 202 valence electrons. The highest BCUT2D eigenvalue weighted by atomic mass is 16.5. The number of hydrogen-bond acceptors (Lipinski definition) is 3. The highest BCUT2D eigenvalue weighted by molar-refractivity contribution is 4.98. The zero-order valence-corrected chi connectivity index (χ0v) is 24.3. The lowest BCUT2D eigenvalue weighted by Gasteiger charge is -2.52. The van der Waals surface area contributed by atoms with Crippen LogP contribution >= 0.6 is 0 Å². The average Bonchev–Trinajstić information content (AvgIpc) is 3.46. The fourth-order valence-electron chi connectivity index (χ4n) is 7.54. The van der Waals surface area contributed by atoms with Gasteiger partial charge in [-0.25, -0.2) is 0 Å². The fourth-order valence-corrected chi connectivity index (χ4v) is 7.54. The van der Waals surface area contributed by atoms with Crippen molar-refractivity contribution in [3.8, 4) is 0 Å². The summed E-state index contributed by atoms with van der Waals surface area (Å²) in [6.07, 6.45) is 17.8. The van der Waals surface area contributed by atoms with Gasteiger partial charge in [0, 0.05) is 24.0 Å². The van der Waals surface area contributed by atoms with Crippen LogP contribution in [0.25, 0.3) is 0 Å². The molecule has 6 fully saturated rings. The van der Waals surface area contributed by atoms with E-state index in [-0.39, 0.29) is 0 Å². The summed E-state index contributed by atoms with van der Waals surface area (Å²) >= 11 is 0. The molecule has 1 spiro atoms. The summed E-state index contributed by atoms with van der Waals surface area (Å²) in [4.78, 5) is 0. The summed E-state index contributed by atoms with van der Waals surface area (Å²) < 4.78 is 16.6. The van der Waals surface area contributed by atoms with Crippen LogP contribution in [0.5, 0.6) is 0 Å². The minimum absolute atomic E-state index is 0.552. The van der Waals surface area contributed by atoms with Gasteiger partial charge in [0.2, 0.25) is 0 Å². The normalized spacial score (nSPS) is 37.0. The number of rotatable bonds is 1. The van der Waals surface area contributed by atoms with Crippen molar-refractivity contribution in [1.82, 2.24) is 0 Å². The molecule has 4 atom stereocenters. The molecule has 4 unspecified atom stereocenters. The van der Waals surface area contributed by atoms with E-state index in [1.165, 1.54) is 77.0 Å². The second-order valence-corrected chi connectivity index (χ2v) is 12.3. The van der Waals surface area contributed by atoms with E-state index in [9.17, 15) is 0 Å². The van der Waals surface area contributed by atoms with Gasteiger partial charge in [-0.3, -0.25) is 0 Å². The third-order valence-corrected chi connectivity index (χ3v) is 9.65. The average molecular weight is 481 g/mol. The molecule has 6 rings (SSSR count). The molecule has 3 heterocycles. The molecule has 34 heavy (non-hydrogen) atoms. The van der Waals surface area contributed by atoms with Gasteiger partial charge in [-0.05, 0) is 68.6 Å². The third-order valence-electron chi connectivity index (χ3n) is 9.65. The predicted molar refractivity (Wildman–Crippen MR) is 145 cm³/mol. The van der Waals surface area contributed by atoms with Crippen LogP contribution < -0.4 is 0 Å². The van der Waals surface area contributed by atoms with Gasteiger partial charge >= 0.3 is 0 Å². The molecule has 0 aromatic heterocycles. The number of ether oxygens (including phenoxy) is 3. The third kappa shape index (κ3) is 7.00. The Morgan fingerprint density at radius 3 is 1.85 bits per heavy atom. The van der Waals surface area contributed by atoms with Crippen molar-refractivity contribution in [1.29, 1.82) is 0 Å². The summed E-state index contributed by atoms with van der Waals surface area (Å²) in [5, 5.41) is 0. The van der Waals surface area contributed by atoms with Crippen molar-refractivity contribution in [3.63, 3.8) is 0 Å². The topological polar surface area (TPSA) is 27.7 Å². The van der Waals surface area contributed by atoms with Crippen LogP contribution in [0.1, 0.15) is 132 Å². The molecule has 3 saturated carbocycles. The van der Waals surface area contributed by atoms with E-state index < -0.39 is 0 Å². The standard InChI is InChI=1S/2C10H18O.C7H12O.2C2H6/c1-8(2)10-5-3-4-9(10)11-7-6-10;1-10-6-4-2-3-5-9(10)11-8-7-10;1-6-2-7(3-6)4-8-5-7;2*1-2/h8-9H,3-7H2,1-2H3;9H,2-8H2,1H3;6H,2-5H2,1H3;2*1-2H3. The van der Waals surface area contributed by atoms with E-state index in [1.54, 1.807) is 0 Å². The Labute approximate surface area is 213 Å². The maximum Gasteiger partial charge on any atom is 0.0634 e.